The van der Waals surface area contributed by atoms with Gasteiger partial charge in [0, 0.05) is 6.20 Å². The number of hydrogen-bond donors (Lipinski definition) is 0. The lowest BCUT2D eigenvalue weighted by Crippen LogP contribution is -2.03. The molecule has 0 amide bonds. The van der Waals surface area contributed by atoms with Gasteiger partial charge in [-0.1, -0.05) is 12.7 Å². The van der Waals surface area contributed by atoms with Crippen molar-refractivity contribution in [2.24, 2.45) is 4.99 Å². The number of allylic oxidation sites excluding steroid dienone is 2. The molecule has 2 heterocycles. The van der Waals surface area contributed by atoms with E-state index in [1.54, 1.807) is 6.20 Å². The minimum atomic E-state index is 0.763. The second kappa shape index (κ2) is 3.39. The molecule has 0 saturated carbocycles. The molecule has 0 saturated heterocycles. The van der Waals surface area contributed by atoms with E-state index in [9.17, 15) is 0 Å². The predicted octanol–water partition coefficient (Wildman–Crippen LogP) is 2.33. The highest BCUT2D eigenvalue weighted by Crippen LogP contribution is 2.16. The van der Waals surface area contributed by atoms with Crippen LogP contribution in [0.15, 0.2) is 46.4 Å². The summed E-state index contributed by atoms with van der Waals surface area (Å²) in [7, 11) is 0. The van der Waals surface area contributed by atoms with Crippen LogP contribution in [0, 0.1) is 0 Å². The maximum Gasteiger partial charge on any atom is 0.181 e. The van der Waals surface area contributed by atoms with Crippen molar-refractivity contribution in [3.8, 4) is 0 Å². The Morgan fingerprint density at radius 3 is 2.92 bits per heavy atom. The fourth-order valence-electron chi connectivity index (χ4n) is 1.25. The Morgan fingerprint density at radius 2 is 2.38 bits per heavy atom. The van der Waals surface area contributed by atoms with Crippen molar-refractivity contribution < 1.29 is 4.42 Å². The van der Waals surface area contributed by atoms with Gasteiger partial charge in [0.05, 0.1) is 11.9 Å². The highest BCUT2D eigenvalue weighted by molar-refractivity contribution is 5.99. The van der Waals surface area contributed by atoms with E-state index in [4.69, 9.17) is 4.42 Å². The number of aliphatic imine (C=N–C) groups is 1. The van der Waals surface area contributed by atoms with Crippen molar-refractivity contribution >= 4 is 5.71 Å². The monoisotopic (exact) mass is 174 g/mol. The van der Waals surface area contributed by atoms with E-state index >= 15 is 0 Å². The van der Waals surface area contributed by atoms with Crippen LogP contribution >= 0.6 is 0 Å². The standard InChI is InChI=1S/C10H10N2O/c1-2-8-3-4-9(12-5-8)10-6-11-7-13-10/h2,5-7H,1,3-4H2. The minimum absolute atomic E-state index is 0.763. The summed E-state index contributed by atoms with van der Waals surface area (Å²) < 4.78 is 5.14. The molecule has 0 aliphatic carbocycles. The van der Waals surface area contributed by atoms with Crippen LogP contribution in [0.1, 0.15) is 18.6 Å². The third-order valence-corrected chi connectivity index (χ3v) is 2.02. The second-order valence-electron chi connectivity index (χ2n) is 2.85. The van der Waals surface area contributed by atoms with Gasteiger partial charge in [-0.2, -0.15) is 0 Å². The van der Waals surface area contributed by atoms with E-state index in [0.29, 0.717) is 0 Å². The molecule has 66 valence electrons. The SMILES string of the molecule is C=CC1=CN=C(c2cnco2)CC1. The molecule has 3 heteroatoms. The molecule has 3 nitrogen and oxygen atoms in total. The van der Waals surface area contributed by atoms with Gasteiger partial charge in [-0.3, -0.25) is 4.99 Å². The molecule has 0 N–H and O–H groups in total. The van der Waals surface area contributed by atoms with Crippen LogP contribution in [0.5, 0.6) is 0 Å². The van der Waals surface area contributed by atoms with Crippen LogP contribution < -0.4 is 0 Å². The molecule has 1 aliphatic rings. The Labute approximate surface area is 76.5 Å². The largest absolute Gasteiger partial charge is 0.442 e. The molecule has 0 atom stereocenters. The van der Waals surface area contributed by atoms with Gasteiger partial charge in [0.1, 0.15) is 0 Å². The zero-order valence-electron chi connectivity index (χ0n) is 7.23. The van der Waals surface area contributed by atoms with Crippen LogP contribution in [0.25, 0.3) is 0 Å². The highest BCUT2D eigenvalue weighted by atomic mass is 16.3. The van der Waals surface area contributed by atoms with Crippen molar-refractivity contribution in [1.29, 1.82) is 0 Å². The summed E-state index contributed by atoms with van der Waals surface area (Å²) in [5.74, 6) is 0.763. The lowest BCUT2D eigenvalue weighted by Gasteiger charge is -2.07. The summed E-state index contributed by atoms with van der Waals surface area (Å²) in [4.78, 5) is 8.12. The van der Waals surface area contributed by atoms with Crippen molar-refractivity contribution in [2.75, 3.05) is 0 Å². The lowest BCUT2D eigenvalue weighted by atomic mass is 10.0. The van der Waals surface area contributed by atoms with E-state index in [2.05, 4.69) is 16.6 Å². The Bertz CT molecular complexity index is 360. The van der Waals surface area contributed by atoms with Crippen molar-refractivity contribution in [1.82, 2.24) is 4.98 Å². The van der Waals surface area contributed by atoms with Gasteiger partial charge >= 0.3 is 0 Å². The summed E-state index contributed by atoms with van der Waals surface area (Å²) >= 11 is 0. The predicted molar refractivity (Wildman–Crippen MR) is 50.6 cm³/mol. The van der Waals surface area contributed by atoms with Crippen LogP contribution in [0.3, 0.4) is 0 Å². The maximum atomic E-state index is 5.14. The van der Waals surface area contributed by atoms with Crippen LogP contribution in [-0.2, 0) is 0 Å². The molecule has 13 heavy (non-hydrogen) atoms. The summed E-state index contributed by atoms with van der Waals surface area (Å²) in [6.45, 7) is 3.70. The summed E-state index contributed by atoms with van der Waals surface area (Å²) in [5, 5.41) is 0. The Balaban J connectivity index is 2.24. The van der Waals surface area contributed by atoms with Crippen LogP contribution in [-0.4, -0.2) is 10.7 Å². The van der Waals surface area contributed by atoms with E-state index < -0.39 is 0 Å². The van der Waals surface area contributed by atoms with Crippen LogP contribution in [0.2, 0.25) is 0 Å². The average molecular weight is 174 g/mol. The van der Waals surface area contributed by atoms with Gasteiger partial charge in [-0.15, -0.1) is 0 Å². The van der Waals surface area contributed by atoms with E-state index in [1.165, 1.54) is 12.0 Å². The van der Waals surface area contributed by atoms with E-state index in [0.717, 1.165) is 24.3 Å². The molecule has 0 spiro atoms. The first-order chi connectivity index (χ1) is 6.40. The van der Waals surface area contributed by atoms with Crippen molar-refractivity contribution in [2.45, 2.75) is 12.8 Å². The van der Waals surface area contributed by atoms with Crippen molar-refractivity contribution in [3.63, 3.8) is 0 Å². The molecular weight excluding hydrogens is 164 g/mol. The third kappa shape index (κ3) is 1.59. The average Bonchev–Trinajstić information content (AvgIpc) is 2.71. The Hall–Kier alpha value is -1.64. The fraction of sp³-hybridized carbons (Fsp3) is 0.200. The smallest absolute Gasteiger partial charge is 0.181 e. The summed E-state index contributed by atoms with van der Waals surface area (Å²) in [5.41, 5.74) is 2.13. The first-order valence-electron chi connectivity index (χ1n) is 4.17. The van der Waals surface area contributed by atoms with Gasteiger partial charge < -0.3 is 4.42 Å². The number of nitrogens with zero attached hydrogens (tertiary/aromatic N) is 2. The second-order valence-corrected chi connectivity index (χ2v) is 2.85. The normalized spacial score (nSPS) is 16.3. The Kier molecular flexibility index (Phi) is 2.08. The minimum Gasteiger partial charge on any atom is -0.442 e. The van der Waals surface area contributed by atoms with Crippen LogP contribution in [0.4, 0.5) is 0 Å². The Morgan fingerprint density at radius 1 is 1.46 bits per heavy atom. The molecule has 1 aliphatic heterocycles. The molecule has 0 fully saturated rings. The van der Waals surface area contributed by atoms with Gasteiger partial charge in [0.2, 0.25) is 0 Å². The zero-order chi connectivity index (χ0) is 9.10. The van der Waals surface area contributed by atoms with Gasteiger partial charge in [-0.05, 0) is 18.4 Å². The quantitative estimate of drug-likeness (QED) is 0.690. The van der Waals surface area contributed by atoms with Crippen molar-refractivity contribution in [3.05, 3.63) is 42.8 Å². The molecular formula is C10H10N2O. The molecule has 0 unspecified atom stereocenters. The zero-order valence-corrected chi connectivity index (χ0v) is 7.23. The number of hydrogen-bond acceptors (Lipinski definition) is 3. The maximum absolute atomic E-state index is 5.14. The third-order valence-electron chi connectivity index (χ3n) is 2.02. The highest BCUT2D eigenvalue weighted by Gasteiger charge is 2.10. The molecule has 0 aromatic carbocycles. The number of rotatable bonds is 2. The fourth-order valence-corrected chi connectivity index (χ4v) is 1.25. The van der Waals surface area contributed by atoms with Gasteiger partial charge in [0.25, 0.3) is 0 Å². The molecule has 0 radical (unpaired) electrons. The van der Waals surface area contributed by atoms with Gasteiger partial charge in [0.15, 0.2) is 12.2 Å². The molecule has 1 aromatic heterocycles. The summed E-state index contributed by atoms with van der Waals surface area (Å²) in [6, 6.07) is 0. The lowest BCUT2D eigenvalue weighted by molar-refractivity contribution is 0.546. The first kappa shape index (κ1) is 7.98. The number of oxazole rings is 1. The van der Waals surface area contributed by atoms with E-state index in [-0.39, 0.29) is 0 Å². The van der Waals surface area contributed by atoms with Gasteiger partial charge in [-0.25, -0.2) is 4.98 Å². The molecule has 0 bridgehead atoms. The molecule has 2 rings (SSSR count). The summed E-state index contributed by atoms with van der Waals surface area (Å²) in [6.07, 6.45) is 8.64. The first-order valence-corrected chi connectivity index (χ1v) is 4.17. The van der Waals surface area contributed by atoms with E-state index in [1.807, 2.05) is 12.3 Å². The molecule has 1 aromatic rings. The number of aromatic nitrogens is 1. The topological polar surface area (TPSA) is 38.4 Å².